The van der Waals surface area contributed by atoms with Crippen LogP contribution in [0.3, 0.4) is 0 Å². The van der Waals surface area contributed by atoms with Gasteiger partial charge in [-0.05, 0) is 35.9 Å². The van der Waals surface area contributed by atoms with Crippen LogP contribution in [-0.2, 0) is 17.9 Å². The number of fused-ring (bicyclic) bond motifs is 1. The van der Waals surface area contributed by atoms with Crippen LogP contribution in [0.25, 0.3) is 22.2 Å². The van der Waals surface area contributed by atoms with Crippen molar-refractivity contribution in [2.24, 2.45) is 0 Å². The largest absolute Gasteiger partial charge is 0.348 e. The average Bonchev–Trinajstić information content (AvgIpc) is 3.40. The zero-order valence-corrected chi connectivity index (χ0v) is 18.9. The predicted molar refractivity (Wildman–Crippen MR) is 136 cm³/mol. The Bertz CT molecular complexity index is 1480. The molecule has 172 valence electrons. The van der Waals surface area contributed by atoms with Gasteiger partial charge in [0.25, 0.3) is 5.91 Å². The molecule has 2 N–H and O–H groups in total. The minimum atomic E-state index is -0.186. The first-order valence-corrected chi connectivity index (χ1v) is 11.3. The Balaban J connectivity index is 1.32. The lowest BCUT2D eigenvalue weighted by atomic mass is 10.0. The number of anilines is 1. The second-order valence-electron chi connectivity index (χ2n) is 8.07. The predicted octanol–water partition coefficient (Wildman–Crippen LogP) is 4.67. The number of carbonyl (C=O) groups is 2. The van der Waals surface area contributed by atoms with E-state index in [2.05, 4.69) is 15.7 Å². The monoisotopic (exact) mass is 461 g/mol. The summed E-state index contributed by atoms with van der Waals surface area (Å²) < 4.78 is 1.56. The first kappa shape index (κ1) is 22.0. The normalized spacial score (nSPS) is 10.7. The first-order valence-electron chi connectivity index (χ1n) is 11.3. The molecule has 0 aliphatic rings. The van der Waals surface area contributed by atoms with Gasteiger partial charge in [-0.25, -0.2) is 4.98 Å². The van der Waals surface area contributed by atoms with Gasteiger partial charge in [0.1, 0.15) is 6.54 Å². The number of hydrogen-bond donors (Lipinski definition) is 2. The van der Waals surface area contributed by atoms with E-state index in [0.717, 1.165) is 27.7 Å². The Labute approximate surface area is 202 Å². The maximum atomic E-state index is 13.2. The van der Waals surface area contributed by atoms with Gasteiger partial charge in [0.2, 0.25) is 5.91 Å². The summed E-state index contributed by atoms with van der Waals surface area (Å²) in [6.45, 7) is 0.450. The van der Waals surface area contributed by atoms with Crippen LogP contribution in [0.2, 0.25) is 0 Å². The van der Waals surface area contributed by atoms with Crippen LogP contribution in [0.15, 0.2) is 103 Å². The number of pyridine rings is 1. The summed E-state index contributed by atoms with van der Waals surface area (Å²) >= 11 is 0. The van der Waals surface area contributed by atoms with Crippen molar-refractivity contribution >= 4 is 28.4 Å². The van der Waals surface area contributed by atoms with E-state index < -0.39 is 0 Å². The number of para-hydroxylation sites is 1. The van der Waals surface area contributed by atoms with Crippen molar-refractivity contribution in [3.8, 4) is 11.3 Å². The van der Waals surface area contributed by atoms with Gasteiger partial charge < -0.3 is 10.6 Å². The Kier molecular flexibility index (Phi) is 6.30. The molecule has 5 rings (SSSR count). The fourth-order valence-electron chi connectivity index (χ4n) is 3.90. The molecule has 7 heteroatoms. The summed E-state index contributed by atoms with van der Waals surface area (Å²) in [5, 5.41) is 10.7. The second kappa shape index (κ2) is 10.0. The van der Waals surface area contributed by atoms with Gasteiger partial charge in [0.15, 0.2) is 0 Å². The summed E-state index contributed by atoms with van der Waals surface area (Å²) in [5.74, 6) is -0.361. The Hall–Kier alpha value is -4.78. The van der Waals surface area contributed by atoms with Crippen LogP contribution < -0.4 is 10.6 Å². The molecule has 7 nitrogen and oxygen atoms in total. The molecule has 0 fully saturated rings. The van der Waals surface area contributed by atoms with Crippen LogP contribution in [0.1, 0.15) is 15.9 Å². The topological polar surface area (TPSA) is 88.9 Å². The summed E-state index contributed by atoms with van der Waals surface area (Å²) in [6, 6.07) is 28.5. The third kappa shape index (κ3) is 5.25. The van der Waals surface area contributed by atoms with Crippen molar-refractivity contribution in [3.05, 3.63) is 115 Å². The summed E-state index contributed by atoms with van der Waals surface area (Å²) in [4.78, 5) is 30.3. The maximum absolute atomic E-state index is 13.2. The highest BCUT2D eigenvalue weighted by Crippen LogP contribution is 2.25. The fraction of sp³-hybridized carbons (Fsp3) is 0.0714. The summed E-state index contributed by atoms with van der Waals surface area (Å²) in [6.07, 6.45) is 3.36. The Morgan fingerprint density at radius 1 is 0.857 bits per heavy atom. The number of hydrogen-bond acceptors (Lipinski definition) is 4. The van der Waals surface area contributed by atoms with E-state index in [1.165, 1.54) is 0 Å². The molecule has 0 radical (unpaired) electrons. The molecule has 35 heavy (non-hydrogen) atoms. The number of aromatic nitrogens is 3. The second-order valence-corrected chi connectivity index (χ2v) is 8.07. The van der Waals surface area contributed by atoms with E-state index in [-0.39, 0.29) is 18.4 Å². The van der Waals surface area contributed by atoms with E-state index in [1.807, 2.05) is 84.9 Å². The maximum Gasteiger partial charge on any atom is 0.252 e. The molecule has 0 aliphatic heterocycles. The fourth-order valence-corrected chi connectivity index (χ4v) is 3.90. The van der Waals surface area contributed by atoms with Crippen molar-refractivity contribution < 1.29 is 9.59 Å². The lowest BCUT2D eigenvalue weighted by Crippen LogP contribution is -2.23. The number of carbonyl (C=O) groups excluding carboxylic acids is 2. The van der Waals surface area contributed by atoms with Crippen LogP contribution in [0.4, 0.5) is 5.69 Å². The minimum Gasteiger partial charge on any atom is -0.348 e. The highest BCUT2D eigenvalue weighted by atomic mass is 16.2. The molecule has 0 saturated carbocycles. The van der Waals surface area contributed by atoms with Crippen LogP contribution in [-0.4, -0.2) is 26.6 Å². The molecule has 0 atom stereocenters. The van der Waals surface area contributed by atoms with Crippen LogP contribution in [0.5, 0.6) is 0 Å². The summed E-state index contributed by atoms with van der Waals surface area (Å²) in [7, 11) is 0. The highest BCUT2D eigenvalue weighted by molar-refractivity contribution is 6.07. The van der Waals surface area contributed by atoms with E-state index in [1.54, 1.807) is 23.1 Å². The molecule has 5 aromatic rings. The van der Waals surface area contributed by atoms with E-state index in [9.17, 15) is 9.59 Å². The number of amides is 2. The van der Waals surface area contributed by atoms with Gasteiger partial charge in [-0.1, -0.05) is 60.7 Å². The Morgan fingerprint density at radius 2 is 1.69 bits per heavy atom. The SMILES string of the molecule is O=C(Cn1cccn1)Nc1cccc(CNC(=O)c2cc(-c3ccccc3)nc3ccccc23)c1. The van der Waals surface area contributed by atoms with Gasteiger partial charge in [-0.3, -0.25) is 14.3 Å². The molecule has 0 saturated heterocycles. The van der Waals surface area contributed by atoms with Crippen LogP contribution in [0, 0.1) is 0 Å². The Morgan fingerprint density at radius 3 is 2.51 bits per heavy atom. The highest BCUT2D eigenvalue weighted by Gasteiger charge is 2.14. The van der Waals surface area contributed by atoms with Crippen molar-refractivity contribution in [2.75, 3.05) is 5.32 Å². The number of rotatable bonds is 7. The number of nitrogens with zero attached hydrogens (tertiary/aromatic N) is 3. The smallest absolute Gasteiger partial charge is 0.252 e. The van der Waals surface area contributed by atoms with E-state index >= 15 is 0 Å². The molecule has 0 aliphatic carbocycles. The minimum absolute atomic E-state index is 0.132. The third-order valence-corrected chi connectivity index (χ3v) is 5.56. The zero-order chi connectivity index (χ0) is 24.0. The van der Waals surface area contributed by atoms with E-state index in [4.69, 9.17) is 4.98 Å². The summed E-state index contributed by atoms with van der Waals surface area (Å²) in [5.41, 5.74) is 4.56. The standard InChI is InChI=1S/C28H23N5O2/c34-27(19-33-15-7-14-30-33)31-22-11-6-8-20(16-22)18-29-28(35)24-17-26(21-9-2-1-3-10-21)32-25-13-5-4-12-23(24)25/h1-17H,18-19H2,(H,29,35)(H,31,34). The number of benzene rings is 3. The van der Waals surface area contributed by atoms with Gasteiger partial charge in [-0.15, -0.1) is 0 Å². The van der Waals surface area contributed by atoms with Crippen molar-refractivity contribution in [3.63, 3.8) is 0 Å². The molecular formula is C28H23N5O2. The van der Waals surface area contributed by atoms with Crippen molar-refractivity contribution in [2.45, 2.75) is 13.1 Å². The molecule has 3 aromatic carbocycles. The van der Waals surface area contributed by atoms with E-state index in [0.29, 0.717) is 17.8 Å². The molecule has 0 spiro atoms. The molecule has 0 bridgehead atoms. The molecule has 2 amide bonds. The lowest BCUT2D eigenvalue weighted by Gasteiger charge is -2.12. The lowest BCUT2D eigenvalue weighted by molar-refractivity contribution is -0.116. The van der Waals surface area contributed by atoms with Crippen molar-refractivity contribution in [1.82, 2.24) is 20.1 Å². The molecule has 2 aromatic heterocycles. The first-order chi connectivity index (χ1) is 17.2. The van der Waals surface area contributed by atoms with Crippen molar-refractivity contribution in [1.29, 1.82) is 0 Å². The van der Waals surface area contributed by atoms with Gasteiger partial charge in [0, 0.05) is 35.6 Å². The number of nitrogens with one attached hydrogen (secondary N) is 2. The molecule has 0 unspecified atom stereocenters. The molecule has 2 heterocycles. The van der Waals surface area contributed by atoms with Gasteiger partial charge >= 0.3 is 0 Å². The quantitative estimate of drug-likeness (QED) is 0.369. The third-order valence-electron chi connectivity index (χ3n) is 5.56. The van der Waals surface area contributed by atoms with Crippen LogP contribution >= 0.6 is 0 Å². The molecular weight excluding hydrogens is 438 g/mol. The zero-order valence-electron chi connectivity index (χ0n) is 18.9. The average molecular weight is 462 g/mol. The van der Waals surface area contributed by atoms with Gasteiger partial charge in [-0.2, -0.15) is 5.10 Å². The van der Waals surface area contributed by atoms with Gasteiger partial charge in [0.05, 0.1) is 16.8 Å².